The molecule has 0 saturated heterocycles. The van der Waals surface area contributed by atoms with E-state index >= 15 is 0 Å². The van der Waals surface area contributed by atoms with Gasteiger partial charge >= 0.3 is 0 Å². The lowest BCUT2D eigenvalue weighted by Gasteiger charge is -2.14. The molecule has 0 aliphatic carbocycles. The Hall–Kier alpha value is 0. The Labute approximate surface area is 485 Å². The number of unbranched alkanes of at least 4 members (excludes halogenated alkanes) is 41. The first kappa shape index (κ1) is 86.3. The van der Waals surface area contributed by atoms with E-state index in [1.54, 1.807) is 0 Å². The molecular formula is C75H162. The van der Waals surface area contributed by atoms with Gasteiger partial charge in [-0.1, -0.05) is 470 Å². The summed E-state index contributed by atoms with van der Waals surface area (Å²) in [5.74, 6) is 3.01. The lowest BCUT2D eigenvalue weighted by atomic mass is 9.92. The van der Waals surface area contributed by atoms with Crippen molar-refractivity contribution in [2.45, 2.75) is 470 Å². The third-order valence-electron chi connectivity index (χ3n) is 16.4. The van der Waals surface area contributed by atoms with Crippen LogP contribution in [0.25, 0.3) is 0 Å². The van der Waals surface area contributed by atoms with E-state index in [1.807, 2.05) is 0 Å². The Morgan fingerprint density at radius 3 is 0.467 bits per heavy atom. The van der Waals surface area contributed by atoms with Crippen molar-refractivity contribution in [2.75, 3.05) is 0 Å². The van der Waals surface area contributed by atoms with Crippen LogP contribution < -0.4 is 0 Å². The molecule has 0 rings (SSSR count). The summed E-state index contributed by atoms with van der Waals surface area (Å²) in [4.78, 5) is 0. The minimum absolute atomic E-state index is 0.955. The number of rotatable bonds is 54. The molecular weight excluding hydrogens is 901 g/mol. The highest BCUT2D eigenvalue weighted by atomic mass is 14.1. The largest absolute Gasteiger partial charge is 0.0654 e. The van der Waals surface area contributed by atoms with Gasteiger partial charge in [0, 0.05) is 0 Å². The van der Waals surface area contributed by atoms with Crippen molar-refractivity contribution in [2.24, 2.45) is 17.8 Å². The maximum absolute atomic E-state index is 2.38. The van der Waals surface area contributed by atoms with Crippen LogP contribution in [-0.4, -0.2) is 0 Å². The van der Waals surface area contributed by atoms with Crippen LogP contribution in [0.3, 0.4) is 0 Å². The van der Waals surface area contributed by atoms with Crippen molar-refractivity contribution < 1.29 is 0 Å². The fourth-order valence-corrected chi connectivity index (χ4v) is 10.2. The molecule has 0 amide bonds. The predicted octanol–water partition coefficient (Wildman–Crippen LogP) is 30.3. The van der Waals surface area contributed by atoms with E-state index in [-0.39, 0.29) is 0 Å². The molecule has 0 fully saturated rings. The highest BCUT2D eigenvalue weighted by Crippen LogP contribution is 2.22. The molecule has 0 heterocycles. The Morgan fingerprint density at radius 2 is 0.293 bits per heavy atom. The molecule has 0 radical (unpaired) electrons. The maximum atomic E-state index is 2.38. The molecule has 0 saturated carbocycles. The summed E-state index contributed by atoms with van der Waals surface area (Å²) in [6.07, 6.45) is 82.0. The van der Waals surface area contributed by atoms with Crippen molar-refractivity contribution in [3.63, 3.8) is 0 Å². The van der Waals surface area contributed by atoms with Crippen LogP contribution in [0.4, 0.5) is 0 Å². The van der Waals surface area contributed by atoms with Gasteiger partial charge in [0.1, 0.15) is 0 Å². The van der Waals surface area contributed by atoms with E-state index in [0.717, 1.165) is 17.8 Å². The van der Waals surface area contributed by atoms with Gasteiger partial charge in [-0.05, 0) is 17.8 Å². The molecule has 0 aliphatic heterocycles. The van der Waals surface area contributed by atoms with Crippen molar-refractivity contribution in [3.05, 3.63) is 0 Å². The zero-order valence-electron chi connectivity index (χ0n) is 57.0. The van der Waals surface area contributed by atoms with Gasteiger partial charge in [-0.2, -0.15) is 0 Å². The predicted molar refractivity (Wildman–Crippen MR) is 359 cm³/mol. The van der Waals surface area contributed by atoms with Crippen molar-refractivity contribution in [1.29, 1.82) is 0 Å². The third-order valence-corrected chi connectivity index (χ3v) is 16.4. The van der Waals surface area contributed by atoms with Crippen LogP contribution >= 0.6 is 0 Å². The lowest BCUT2D eigenvalue weighted by Crippen LogP contribution is -1.99. The minimum Gasteiger partial charge on any atom is -0.0654 e. The molecule has 0 aromatic heterocycles. The van der Waals surface area contributed by atoms with E-state index < -0.39 is 0 Å². The summed E-state index contributed by atoms with van der Waals surface area (Å²) in [7, 11) is 0. The first-order chi connectivity index (χ1) is 36.7. The molecule has 0 bridgehead atoms. The third kappa shape index (κ3) is 99.8. The van der Waals surface area contributed by atoms with Gasteiger partial charge in [-0.3, -0.25) is 0 Å². The fourth-order valence-electron chi connectivity index (χ4n) is 10.2. The topological polar surface area (TPSA) is 0 Å². The molecule has 0 aromatic rings. The average molecular weight is 1060 g/mol. The highest BCUT2D eigenvalue weighted by molar-refractivity contribution is 4.60. The summed E-state index contributed by atoms with van der Waals surface area (Å²) in [5.41, 5.74) is 0. The van der Waals surface area contributed by atoms with Gasteiger partial charge < -0.3 is 0 Å². The SMILES string of the molecule is CCCCCCC(CC)CCCC.CCCCCCCCC.CCCCCCCCC(C)CC.CCCCCCCCC(CC)CCCCCC.CCCCCCCCCCC.CCCCCCCCCCCCC. The van der Waals surface area contributed by atoms with Gasteiger partial charge in [0.25, 0.3) is 0 Å². The highest BCUT2D eigenvalue weighted by Gasteiger charge is 2.06. The second-order valence-electron chi connectivity index (χ2n) is 24.4. The Bertz CT molecular complexity index is 774. The Morgan fingerprint density at radius 1 is 0.147 bits per heavy atom. The molecule has 75 heavy (non-hydrogen) atoms. The summed E-state index contributed by atoms with van der Waals surface area (Å²) in [6, 6.07) is 0. The van der Waals surface area contributed by atoms with Gasteiger partial charge in [0.05, 0.1) is 0 Å². The van der Waals surface area contributed by atoms with E-state index in [4.69, 9.17) is 0 Å². The van der Waals surface area contributed by atoms with Crippen LogP contribution in [0.1, 0.15) is 470 Å². The first-order valence-corrected chi connectivity index (χ1v) is 36.7. The van der Waals surface area contributed by atoms with E-state index in [9.17, 15) is 0 Å². The number of hydrogen-bond donors (Lipinski definition) is 0. The molecule has 0 heteroatoms. The zero-order chi connectivity index (χ0) is 57.0. The first-order valence-electron chi connectivity index (χ1n) is 36.7. The van der Waals surface area contributed by atoms with Crippen LogP contribution in [0.2, 0.25) is 0 Å². The quantitative estimate of drug-likeness (QED) is 0.0533. The Balaban J connectivity index is -0.000000192. The van der Waals surface area contributed by atoms with Crippen molar-refractivity contribution in [1.82, 2.24) is 0 Å². The maximum Gasteiger partial charge on any atom is -0.0417 e. The van der Waals surface area contributed by atoms with E-state index in [1.165, 1.54) is 366 Å². The van der Waals surface area contributed by atoms with Crippen molar-refractivity contribution in [3.8, 4) is 0 Å². The minimum atomic E-state index is 0.955. The second-order valence-corrected chi connectivity index (χ2v) is 24.4. The van der Waals surface area contributed by atoms with E-state index in [0.29, 0.717) is 0 Å². The summed E-state index contributed by atoms with van der Waals surface area (Å²) in [5, 5.41) is 0. The van der Waals surface area contributed by atoms with Gasteiger partial charge in [0.15, 0.2) is 0 Å². The molecule has 0 spiro atoms. The van der Waals surface area contributed by atoms with E-state index in [2.05, 4.69) is 104 Å². The molecule has 3 unspecified atom stereocenters. The standard InChI is InChI=1S/C17H36.2C13H28.C12H26.C11H24.C9H20/c1-4-7-9-11-12-14-16-17(6-3)15-13-10-8-5-2;1-4-7-9-10-12-13(6-3)11-8-5-2;1-3-5-7-9-11-13-12-10-8-6-4-2;1-4-6-7-8-9-10-11-12(3)5-2;1-3-5-7-9-11-10-8-6-4-2;1-3-5-7-9-8-6-4-2/h17H,4-16H2,1-3H3;13H,4-12H2,1-3H3;3-13H2,1-2H3;12H,4-11H2,1-3H3;3-11H2,1-2H3;3-9H2,1-2H3. The normalized spacial score (nSPS) is 11.9. The van der Waals surface area contributed by atoms with Crippen LogP contribution in [-0.2, 0) is 0 Å². The molecule has 462 valence electrons. The Kier molecular flexibility index (Phi) is 104. The summed E-state index contributed by atoms with van der Waals surface area (Å²) < 4.78 is 0. The second kappa shape index (κ2) is 90.5. The van der Waals surface area contributed by atoms with Crippen LogP contribution in [0, 0.1) is 17.8 Å². The molecule has 0 aliphatic rings. The van der Waals surface area contributed by atoms with Crippen LogP contribution in [0.15, 0.2) is 0 Å². The smallest absolute Gasteiger partial charge is 0.0417 e. The molecule has 0 N–H and O–H groups in total. The van der Waals surface area contributed by atoms with Crippen molar-refractivity contribution >= 4 is 0 Å². The summed E-state index contributed by atoms with van der Waals surface area (Å²) in [6.45, 7) is 34.5. The lowest BCUT2D eigenvalue weighted by molar-refractivity contribution is 0.394. The van der Waals surface area contributed by atoms with Gasteiger partial charge in [0.2, 0.25) is 0 Å². The zero-order valence-corrected chi connectivity index (χ0v) is 57.0. The molecule has 0 aromatic carbocycles. The summed E-state index contributed by atoms with van der Waals surface area (Å²) >= 11 is 0. The van der Waals surface area contributed by atoms with Gasteiger partial charge in [-0.25, -0.2) is 0 Å². The average Bonchev–Trinajstić information content (AvgIpc) is 3.43. The monoisotopic (exact) mass is 1060 g/mol. The fraction of sp³-hybridized carbons (Fsp3) is 1.00. The van der Waals surface area contributed by atoms with Crippen LogP contribution in [0.5, 0.6) is 0 Å². The molecule has 3 atom stereocenters. The molecule has 0 nitrogen and oxygen atoms in total. The number of hydrogen-bond acceptors (Lipinski definition) is 0. The van der Waals surface area contributed by atoms with Gasteiger partial charge in [-0.15, -0.1) is 0 Å².